The molecule has 1 nitrogen and oxygen atoms in total. The van der Waals surface area contributed by atoms with Crippen molar-refractivity contribution in [3.8, 4) is 11.5 Å². The summed E-state index contributed by atoms with van der Waals surface area (Å²) in [5, 5.41) is 0. The summed E-state index contributed by atoms with van der Waals surface area (Å²) in [4.78, 5) is 2.32. The van der Waals surface area contributed by atoms with Crippen LogP contribution in [0.4, 0.5) is 0 Å². The van der Waals surface area contributed by atoms with Crippen LogP contribution in [-0.2, 0) is 0 Å². The molecule has 0 saturated carbocycles. The first-order chi connectivity index (χ1) is 8.25. The van der Waals surface area contributed by atoms with Gasteiger partial charge in [-0.3, -0.25) is 0 Å². The lowest BCUT2D eigenvalue weighted by Gasteiger charge is -2.22. The lowest BCUT2D eigenvalue weighted by molar-refractivity contribution is 0.450. The highest BCUT2D eigenvalue weighted by Gasteiger charge is 2.21. The van der Waals surface area contributed by atoms with Crippen LogP contribution in [0.15, 0.2) is 52.3 Å². The summed E-state index contributed by atoms with van der Waals surface area (Å²) in [5.74, 6) is 1.87. The van der Waals surface area contributed by atoms with Crippen molar-refractivity contribution in [1.82, 2.24) is 0 Å². The second kappa shape index (κ2) is 4.67. The van der Waals surface area contributed by atoms with Crippen molar-refractivity contribution in [3.63, 3.8) is 0 Å². The van der Waals surface area contributed by atoms with E-state index in [0.29, 0.717) is 0 Å². The normalized spacial score (nSPS) is 12.9. The first kappa shape index (κ1) is 11.6. The Kier molecular flexibility index (Phi) is 3.19. The first-order valence-electron chi connectivity index (χ1n) is 5.11. The Labute approximate surface area is 121 Å². The van der Waals surface area contributed by atoms with Crippen LogP contribution in [0, 0.1) is 0 Å². The maximum absolute atomic E-state index is 5.99. The summed E-state index contributed by atoms with van der Waals surface area (Å²) < 4.78 is 6.10. The van der Waals surface area contributed by atoms with Gasteiger partial charge >= 0.3 is 0 Å². The van der Waals surface area contributed by atoms with Gasteiger partial charge in [0.25, 0.3) is 0 Å². The minimum atomic E-state index is 0.107. The van der Waals surface area contributed by atoms with Gasteiger partial charge in [-0.15, -0.1) is 0 Å². The lowest BCUT2D eigenvalue weighted by Crippen LogP contribution is -1.98. The lowest BCUT2D eigenvalue weighted by atomic mass is 10.2. The maximum Gasteiger partial charge on any atom is 0.146 e. The molecule has 1 heterocycles. The van der Waals surface area contributed by atoms with Gasteiger partial charge in [0.15, 0.2) is 0 Å². The van der Waals surface area contributed by atoms with Crippen LogP contribution in [0.3, 0.4) is 0 Å². The fourth-order valence-electron chi connectivity index (χ4n) is 1.74. The summed E-state index contributed by atoms with van der Waals surface area (Å²) in [7, 11) is 0. The molecule has 4 heteroatoms. The average molecular weight is 372 g/mol. The van der Waals surface area contributed by atoms with Crippen LogP contribution < -0.4 is 4.74 Å². The third-order valence-corrected chi connectivity index (χ3v) is 4.61. The number of alkyl halides is 2. The molecular formula is C13H8Br2OS. The number of benzene rings is 2. The van der Waals surface area contributed by atoms with Crippen LogP contribution >= 0.6 is 43.6 Å². The van der Waals surface area contributed by atoms with Gasteiger partial charge in [0.05, 0.1) is 13.5 Å². The molecule has 0 aliphatic carbocycles. The molecule has 0 N–H and O–H groups in total. The van der Waals surface area contributed by atoms with Crippen molar-refractivity contribution in [1.29, 1.82) is 0 Å². The van der Waals surface area contributed by atoms with E-state index in [1.165, 1.54) is 0 Å². The van der Waals surface area contributed by atoms with Crippen LogP contribution in [0.5, 0.6) is 11.5 Å². The summed E-state index contributed by atoms with van der Waals surface area (Å²) >= 11 is 8.81. The average Bonchev–Trinajstić information content (AvgIpc) is 2.35. The summed E-state index contributed by atoms with van der Waals surface area (Å²) in [6, 6.07) is 14.3. The third-order valence-electron chi connectivity index (χ3n) is 2.53. The minimum Gasteiger partial charge on any atom is -0.455 e. The number of para-hydroxylation sites is 2. The molecule has 17 heavy (non-hydrogen) atoms. The second-order valence-electron chi connectivity index (χ2n) is 3.63. The smallest absolute Gasteiger partial charge is 0.146 e. The summed E-state index contributed by atoms with van der Waals surface area (Å²) in [5.41, 5.74) is 1.12. The molecule has 0 amide bonds. The topological polar surface area (TPSA) is 9.23 Å². The van der Waals surface area contributed by atoms with E-state index in [-0.39, 0.29) is 3.74 Å². The van der Waals surface area contributed by atoms with Crippen molar-refractivity contribution in [2.45, 2.75) is 13.5 Å². The molecule has 1 aliphatic heterocycles. The first-order valence-corrected chi connectivity index (χ1v) is 7.76. The largest absolute Gasteiger partial charge is 0.455 e. The molecule has 0 aromatic heterocycles. The fourth-order valence-corrected chi connectivity index (χ4v) is 3.46. The molecular weight excluding hydrogens is 364 g/mol. The molecule has 1 aliphatic rings. The SMILES string of the molecule is BrC(Br)c1cccc2c1Oc1ccccc1S2. The highest BCUT2D eigenvalue weighted by atomic mass is 79.9. The van der Waals surface area contributed by atoms with E-state index < -0.39 is 0 Å². The van der Waals surface area contributed by atoms with Crippen molar-refractivity contribution < 1.29 is 4.74 Å². The molecule has 0 spiro atoms. The molecule has 0 atom stereocenters. The zero-order chi connectivity index (χ0) is 11.8. The Morgan fingerprint density at radius 1 is 0.941 bits per heavy atom. The van der Waals surface area contributed by atoms with Gasteiger partial charge in [-0.05, 0) is 18.2 Å². The summed E-state index contributed by atoms with van der Waals surface area (Å²) in [6.07, 6.45) is 0. The molecule has 0 bridgehead atoms. The van der Waals surface area contributed by atoms with Gasteiger partial charge in [0, 0.05) is 5.56 Å². The Hall–Kier alpha value is -0.450. The van der Waals surface area contributed by atoms with Crippen molar-refractivity contribution in [2.24, 2.45) is 0 Å². The minimum absolute atomic E-state index is 0.107. The Morgan fingerprint density at radius 2 is 1.71 bits per heavy atom. The predicted molar refractivity (Wildman–Crippen MR) is 77.7 cm³/mol. The van der Waals surface area contributed by atoms with Gasteiger partial charge < -0.3 is 4.74 Å². The Balaban J connectivity index is 2.12. The zero-order valence-corrected chi connectivity index (χ0v) is 12.7. The molecule has 3 rings (SSSR count). The van der Waals surface area contributed by atoms with E-state index in [1.807, 2.05) is 24.3 Å². The van der Waals surface area contributed by atoms with Gasteiger partial charge in [-0.1, -0.05) is 67.9 Å². The number of ether oxygens (including phenoxy) is 1. The fraction of sp³-hybridized carbons (Fsp3) is 0.0769. The quantitative estimate of drug-likeness (QED) is 0.505. The van der Waals surface area contributed by atoms with Gasteiger partial charge in [0.1, 0.15) is 11.5 Å². The van der Waals surface area contributed by atoms with E-state index >= 15 is 0 Å². The van der Waals surface area contributed by atoms with E-state index in [4.69, 9.17) is 4.74 Å². The van der Waals surface area contributed by atoms with E-state index in [9.17, 15) is 0 Å². The maximum atomic E-state index is 5.99. The van der Waals surface area contributed by atoms with Crippen LogP contribution in [-0.4, -0.2) is 0 Å². The molecule has 2 aromatic rings. The number of rotatable bonds is 1. The van der Waals surface area contributed by atoms with E-state index in [0.717, 1.165) is 26.9 Å². The monoisotopic (exact) mass is 370 g/mol. The zero-order valence-electron chi connectivity index (χ0n) is 8.69. The molecule has 0 unspecified atom stereocenters. The van der Waals surface area contributed by atoms with Crippen LogP contribution in [0.1, 0.15) is 9.30 Å². The highest BCUT2D eigenvalue weighted by molar-refractivity contribution is 9.24. The highest BCUT2D eigenvalue weighted by Crippen LogP contribution is 2.50. The van der Waals surface area contributed by atoms with E-state index in [1.54, 1.807) is 11.8 Å². The van der Waals surface area contributed by atoms with Crippen LogP contribution in [0.2, 0.25) is 0 Å². The Bertz CT molecular complexity index is 569. The number of halogens is 2. The standard InChI is InChI=1S/C13H8Br2OS/c14-13(15)8-4-3-7-11-12(8)16-9-5-1-2-6-10(9)17-11/h1-7,13H. The molecule has 86 valence electrons. The number of hydrogen-bond donors (Lipinski definition) is 0. The van der Waals surface area contributed by atoms with Crippen molar-refractivity contribution in [3.05, 3.63) is 48.0 Å². The second-order valence-corrected chi connectivity index (χ2v) is 7.77. The van der Waals surface area contributed by atoms with Crippen molar-refractivity contribution in [2.75, 3.05) is 0 Å². The number of hydrogen-bond acceptors (Lipinski definition) is 2. The van der Waals surface area contributed by atoms with Gasteiger partial charge in [0.2, 0.25) is 0 Å². The van der Waals surface area contributed by atoms with Crippen LogP contribution in [0.25, 0.3) is 0 Å². The van der Waals surface area contributed by atoms with E-state index in [2.05, 4.69) is 50.1 Å². The molecule has 0 saturated heterocycles. The number of fused-ring (bicyclic) bond motifs is 2. The molecule has 0 radical (unpaired) electrons. The van der Waals surface area contributed by atoms with Gasteiger partial charge in [-0.2, -0.15) is 0 Å². The predicted octanol–water partition coefficient (Wildman–Crippen LogP) is 5.73. The molecule has 0 fully saturated rings. The Morgan fingerprint density at radius 3 is 2.53 bits per heavy atom. The van der Waals surface area contributed by atoms with Crippen molar-refractivity contribution >= 4 is 43.6 Å². The molecule has 2 aromatic carbocycles. The third kappa shape index (κ3) is 2.14. The summed E-state index contributed by atoms with van der Waals surface area (Å²) in [6.45, 7) is 0. The van der Waals surface area contributed by atoms with Gasteiger partial charge in [-0.25, -0.2) is 0 Å².